The van der Waals surface area contributed by atoms with E-state index in [0.717, 1.165) is 17.7 Å². The third-order valence-corrected chi connectivity index (χ3v) is 5.45. The first-order valence-electron chi connectivity index (χ1n) is 11.4. The fourth-order valence-corrected chi connectivity index (χ4v) is 3.72. The number of carboxylic acid groups (broad SMARTS) is 1. The van der Waals surface area contributed by atoms with Crippen molar-refractivity contribution < 1.29 is 29.2 Å². The van der Waals surface area contributed by atoms with Crippen LogP contribution in [0.5, 0.6) is 17.2 Å². The van der Waals surface area contributed by atoms with Crippen LogP contribution in [0.3, 0.4) is 0 Å². The molecule has 2 N–H and O–H groups in total. The van der Waals surface area contributed by atoms with Gasteiger partial charge in [-0.25, -0.2) is 0 Å². The summed E-state index contributed by atoms with van der Waals surface area (Å²) < 4.78 is 18.8. The Balaban J connectivity index is 2.20. The third-order valence-electron chi connectivity index (χ3n) is 5.45. The maximum absolute atomic E-state index is 11.3. The monoisotopic (exact) mass is 468 g/mol. The summed E-state index contributed by atoms with van der Waals surface area (Å²) in [4.78, 5) is 11.3. The average Bonchev–Trinajstić information content (AvgIpc) is 3.25. The van der Waals surface area contributed by atoms with E-state index in [2.05, 4.69) is 0 Å². The zero-order valence-corrected chi connectivity index (χ0v) is 20.1. The summed E-state index contributed by atoms with van der Waals surface area (Å²) in [7, 11) is 3.16. The quantitative estimate of drug-likeness (QED) is 0.406. The van der Waals surface area contributed by atoms with Crippen LogP contribution < -0.4 is 14.2 Å². The molecule has 1 aromatic heterocycles. The van der Waals surface area contributed by atoms with E-state index in [1.54, 1.807) is 37.1 Å². The second-order valence-electron chi connectivity index (χ2n) is 7.95. The molecule has 0 spiro atoms. The molecular formula is C26H32N2O6. The first-order valence-corrected chi connectivity index (χ1v) is 11.4. The number of benzene rings is 2. The van der Waals surface area contributed by atoms with E-state index in [4.69, 9.17) is 19.3 Å². The molecule has 1 heterocycles. The van der Waals surface area contributed by atoms with Gasteiger partial charge in [-0.05, 0) is 48.7 Å². The molecule has 8 nitrogen and oxygen atoms in total. The van der Waals surface area contributed by atoms with Crippen LogP contribution in [-0.2, 0) is 17.8 Å². The molecule has 0 aliphatic heterocycles. The largest absolute Gasteiger partial charge is 0.493 e. The highest BCUT2D eigenvalue weighted by Crippen LogP contribution is 2.40. The maximum atomic E-state index is 11.3. The van der Waals surface area contributed by atoms with Crippen LogP contribution in [0.2, 0.25) is 0 Å². The van der Waals surface area contributed by atoms with Gasteiger partial charge >= 0.3 is 5.97 Å². The standard InChI is InChI=1S/C26H32N2O6/c1-5-12-34-23-11-10-17(14-25(30)31)13-20(23)21-15-22(28(27-21)16-18(29)6-2)19-8-7-9-24(32-3)26(19)33-4/h7-11,13,15,18,29H,5-6,12,14,16H2,1-4H3,(H,30,31)/t18-/m0/s1. The van der Waals surface area contributed by atoms with Gasteiger partial charge < -0.3 is 24.4 Å². The molecule has 2 aromatic carbocycles. The number of para-hydroxylation sites is 1. The highest BCUT2D eigenvalue weighted by atomic mass is 16.5. The van der Waals surface area contributed by atoms with Crippen LogP contribution in [0.25, 0.3) is 22.5 Å². The number of aliphatic hydroxyl groups excluding tert-OH is 1. The molecule has 3 aromatic rings. The van der Waals surface area contributed by atoms with Gasteiger partial charge in [-0.3, -0.25) is 9.48 Å². The van der Waals surface area contributed by atoms with Crippen molar-refractivity contribution in [3.05, 3.63) is 48.0 Å². The SMILES string of the molecule is CCCOc1ccc(CC(=O)O)cc1-c1cc(-c2cccc(OC)c2OC)n(C[C@@H](O)CC)n1. The van der Waals surface area contributed by atoms with Gasteiger partial charge in [0.15, 0.2) is 11.5 Å². The van der Waals surface area contributed by atoms with Crippen LogP contribution >= 0.6 is 0 Å². The van der Waals surface area contributed by atoms with Crippen LogP contribution in [0.1, 0.15) is 32.3 Å². The minimum atomic E-state index is -0.911. The molecule has 1 atom stereocenters. The van der Waals surface area contributed by atoms with Gasteiger partial charge in [0.25, 0.3) is 0 Å². The molecule has 34 heavy (non-hydrogen) atoms. The maximum Gasteiger partial charge on any atom is 0.307 e. The molecule has 0 saturated carbocycles. The molecule has 8 heteroatoms. The summed E-state index contributed by atoms with van der Waals surface area (Å²) in [5, 5.41) is 24.5. The minimum absolute atomic E-state index is 0.104. The van der Waals surface area contributed by atoms with E-state index in [9.17, 15) is 15.0 Å². The molecule has 0 amide bonds. The van der Waals surface area contributed by atoms with E-state index in [1.165, 1.54) is 0 Å². The van der Waals surface area contributed by atoms with Gasteiger partial charge in [0.2, 0.25) is 0 Å². The number of carboxylic acids is 1. The number of rotatable bonds is 12. The van der Waals surface area contributed by atoms with Gasteiger partial charge in [-0.15, -0.1) is 0 Å². The van der Waals surface area contributed by atoms with Crippen LogP contribution in [0.4, 0.5) is 0 Å². The van der Waals surface area contributed by atoms with Gasteiger partial charge in [-0.1, -0.05) is 26.0 Å². The van der Waals surface area contributed by atoms with Gasteiger partial charge in [-0.2, -0.15) is 5.10 Å². The van der Waals surface area contributed by atoms with Gasteiger partial charge in [0, 0.05) is 11.1 Å². The zero-order valence-electron chi connectivity index (χ0n) is 20.1. The summed E-state index contributed by atoms with van der Waals surface area (Å²) in [5.74, 6) is 0.860. The summed E-state index contributed by atoms with van der Waals surface area (Å²) in [5.41, 5.74) is 3.46. The van der Waals surface area contributed by atoms with Gasteiger partial charge in [0.1, 0.15) is 5.75 Å². The lowest BCUT2D eigenvalue weighted by Gasteiger charge is -2.15. The molecule has 3 rings (SSSR count). The number of ether oxygens (including phenoxy) is 3. The van der Waals surface area contributed by atoms with E-state index in [-0.39, 0.29) is 13.0 Å². The second kappa shape index (κ2) is 11.6. The molecule has 0 fully saturated rings. The number of aromatic nitrogens is 2. The van der Waals surface area contributed by atoms with E-state index in [0.29, 0.717) is 47.1 Å². The molecule has 0 aliphatic rings. The number of hydrogen-bond acceptors (Lipinski definition) is 6. The fraction of sp³-hybridized carbons (Fsp3) is 0.385. The summed E-state index contributed by atoms with van der Waals surface area (Å²) in [6.07, 6.45) is 0.715. The predicted molar refractivity (Wildman–Crippen MR) is 130 cm³/mol. The molecule has 0 aliphatic carbocycles. The fourth-order valence-electron chi connectivity index (χ4n) is 3.72. The Morgan fingerprint density at radius 1 is 1.06 bits per heavy atom. The first-order chi connectivity index (χ1) is 16.4. The number of aliphatic carboxylic acids is 1. The summed E-state index contributed by atoms with van der Waals surface area (Å²) >= 11 is 0. The number of hydrogen-bond donors (Lipinski definition) is 2. The number of aliphatic hydroxyl groups is 1. The number of nitrogens with zero attached hydrogens (tertiary/aromatic N) is 2. The summed E-state index contributed by atoms with van der Waals surface area (Å²) in [6, 6.07) is 12.8. The number of carbonyl (C=O) groups is 1. The predicted octanol–water partition coefficient (Wildman–Crippen LogP) is 4.42. The molecule has 0 bridgehead atoms. The third kappa shape index (κ3) is 5.69. The Bertz CT molecular complexity index is 1120. The Morgan fingerprint density at radius 2 is 1.85 bits per heavy atom. The Labute approximate surface area is 199 Å². The Kier molecular flexibility index (Phi) is 8.54. The normalized spacial score (nSPS) is 11.8. The zero-order chi connectivity index (χ0) is 24.7. The topological polar surface area (TPSA) is 103 Å². The smallest absolute Gasteiger partial charge is 0.307 e. The van der Waals surface area contributed by atoms with Crippen molar-refractivity contribution in [1.82, 2.24) is 9.78 Å². The Morgan fingerprint density at radius 3 is 2.50 bits per heavy atom. The molecule has 182 valence electrons. The van der Waals surface area contributed by atoms with Crippen molar-refractivity contribution in [2.45, 2.75) is 45.8 Å². The van der Waals surface area contributed by atoms with Crippen molar-refractivity contribution in [1.29, 1.82) is 0 Å². The van der Waals surface area contributed by atoms with Crippen molar-refractivity contribution in [2.75, 3.05) is 20.8 Å². The van der Waals surface area contributed by atoms with Gasteiger partial charge in [0.05, 0.1) is 51.3 Å². The molecule has 0 saturated heterocycles. The highest BCUT2D eigenvalue weighted by molar-refractivity contribution is 5.78. The highest BCUT2D eigenvalue weighted by Gasteiger charge is 2.21. The van der Waals surface area contributed by atoms with Crippen LogP contribution in [-0.4, -0.2) is 52.9 Å². The lowest BCUT2D eigenvalue weighted by atomic mass is 10.0. The van der Waals surface area contributed by atoms with E-state index < -0.39 is 12.1 Å². The molecule has 0 unspecified atom stereocenters. The van der Waals surface area contributed by atoms with E-state index >= 15 is 0 Å². The minimum Gasteiger partial charge on any atom is -0.493 e. The number of methoxy groups -OCH3 is 2. The lowest BCUT2D eigenvalue weighted by Crippen LogP contribution is -2.16. The van der Waals surface area contributed by atoms with Crippen molar-refractivity contribution >= 4 is 5.97 Å². The van der Waals surface area contributed by atoms with Crippen LogP contribution in [0.15, 0.2) is 42.5 Å². The second-order valence-corrected chi connectivity index (χ2v) is 7.95. The van der Waals surface area contributed by atoms with E-state index in [1.807, 2.05) is 38.1 Å². The van der Waals surface area contributed by atoms with Crippen molar-refractivity contribution in [3.8, 4) is 39.8 Å². The van der Waals surface area contributed by atoms with Crippen molar-refractivity contribution in [2.24, 2.45) is 0 Å². The van der Waals surface area contributed by atoms with Crippen molar-refractivity contribution in [3.63, 3.8) is 0 Å². The molecule has 0 radical (unpaired) electrons. The summed E-state index contributed by atoms with van der Waals surface area (Å²) in [6.45, 7) is 4.74. The lowest BCUT2D eigenvalue weighted by molar-refractivity contribution is -0.136. The molecular weight excluding hydrogens is 436 g/mol. The average molecular weight is 469 g/mol. The van der Waals surface area contributed by atoms with Crippen LogP contribution in [0, 0.1) is 0 Å². The Hall–Kier alpha value is -3.52. The first kappa shape index (κ1) is 25.1.